The van der Waals surface area contributed by atoms with Gasteiger partial charge in [-0.1, -0.05) is 26.7 Å². The van der Waals surface area contributed by atoms with Crippen LogP contribution in [0.1, 0.15) is 71.6 Å². The molecule has 2 nitrogen and oxygen atoms in total. The third-order valence-electron chi connectivity index (χ3n) is 5.63. The molecule has 0 spiro atoms. The van der Waals surface area contributed by atoms with Gasteiger partial charge in [0, 0.05) is 12.6 Å². The molecular weight excluding hydrogens is 244 g/mol. The number of hydrogen-bond acceptors (Lipinski definition) is 2. The highest BCUT2D eigenvalue weighted by atomic mass is 15.2. The Balaban J connectivity index is 1.80. The average Bonchev–Trinajstić information content (AvgIpc) is 2.98. The molecule has 0 unspecified atom stereocenters. The van der Waals surface area contributed by atoms with E-state index in [-0.39, 0.29) is 0 Å². The fourth-order valence-electron chi connectivity index (χ4n) is 4.10. The molecule has 0 atom stereocenters. The van der Waals surface area contributed by atoms with Crippen molar-refractivity contribution in [1.29, 1.82) is 0 Å². The summed E-state index contributed by atoms with van der Waals surface area (Å²) in [6, 6.07) is 0.904. The van der Waals surface area contributed by atoms with Crippen molar-refractivity contribution < 1.29 is 0 Å². The number of nitrogens with two attached hydrogens (primary N) is 1. The van der Waals surface area contributed by atoms with E-state index in [2.05, 4.69) is 18.7 Å². The van der Waals surface area contributed by atoms with Crippen molar-refractivity contribution in [2.75, 3.05) is 19.6 Å². The molecule has 0 aliphatic heterocycles. The molecular formula is C18H36N2. The molecule has 2 N–H and O–H groups in total. The summed E-state index contributed by atoms with van der Waals surface area (Å²) in [6.07, 6.45) is 12.8. The van der Waals surface area contributed by atoms with Gasteiger partial charge in [-0.25, -0.2) is 0 Å². The lowest BCUT2D eigenvalue weighted by molar-refractivity contribution is 0.133. The monoisotopic (exact) mass is 280 g/mol. The first-order chi connectivity index (χ1) is 9.69. The smallest absolute Gasteiger partial charge is 0.00953 e. The van der Waals surface area contributed by atoms with E-state index >= 15 is 0 Å². The van der Waals surface area contributed by atoms with Gasteiger partial charge in [-0.2, -0.15) is 0 Å². The minimum atomic E-state index is 0.821. The van der Waals surface area contributed by atoms with E-state index in [4.69, 9.17) is 5.73 Å². The molecule has 20 heavy (non-hydrogen) atoms. The molecule has 2 aliphatic rings. The van der Waals surface area contributed by atoms with Gasteiger partial charge in [0.05, 0.1) is 0 Å². The van der Waals surface area contributed by atoms with Crippen molar-refractivity contribution in [3.05, 3.63) is 0 Å². The highest BCUT2D eigenvalue weighted by Crippen LogP contribution is 2.31. The van der Waals surface area contributed by atoms with Crippen LogP contribution in [0.2, 0.25) is 0 Å². The quantitative estimate of drug-likeness (QED) is 0.762. The van der Waals surface area contributed by atoms with Crippen LogP contribution in [0.5, 0.6) is 0 Å². The Kier molecular flexibility index (Phi) is 6.83. The standard InChI is InChI=1S/C18H36N2/c1-15(2)11-12-20(18-5-3-4-6-18)14-17-9-7-16(13-19)8-10-17/h15-18H,3-14,19H2,1-2H3. The summed E-state index contributed by atoms with van der Waals surface area (Å²) in [4.78, 5) is 2.86. The van der Waals surface area contributed by atoms with Crippen molar-refractivity contribution >= 4 is 0 Å². The van der Waals surface area contributed by atoms with Crippen LogP contribution in [0, 0.1) is 17.8 Å². The Bertz CT molecular complexity index is 250. The highest BCUT2D eigenvalue weighted by molar-refractivity contribution is 4.82. The summed E-state index contributed by atoms with van der Waals surface area (Å²) in [6.45, 7) is 8.33. The van der Waals surface area contributed by atoms with Gasteiger partial charge in [0.15, 0.2) is 0 Å². The van der Waals surface area contributed by atoms with E-state index in [1.807, 2.05) is 0 Å². The first kappa shape index (κ1) is 16.3. The Labute approximate surface area is 126 Å². The molecule has 0 amide bonds. The zero-order valence-electron chi connectivity index (χ0n) is 13.8. The summed E-state index contributed by atoms with van der Waals surface area (Å²) in [5.74, 6) is 2.61. The lowest BCUT2D eigenvalue weighted by Crippen LogP contribution is -2.39. The molecule has 118 valence electrons. The summed E-state index contributed by atoms with van der Waals surface area (Å²) < 4.78 is 0. The molecule has 2 heteroatoms. The van der Waals surface area contributed by atoms with E-state index in [1.54, 1.807) is 0 Å². The van der Waals surface area contributed by atoms with Crippen LogP contribution in [-0.4, -0.2) is 30.6 Å². The zero-order chi connectivity index (χ0) is 14.4. The third kappa shape index (κ3) is 5.04. The van der Waals surface area contributed by atoms with Crippen molar-refractivity contribution in [2.24, 2.45) is 23.5 Å². The van der Waals surface area contributed by atoms with Gasteiger partial charge < -0.3 is 10.6 Å². The molecule has 2 saturated carbocycles. The largest absolute Gasteiger partial charge is 0.330 e. The van der Waals surface area contributed by atoms with Gasteiger partial charge in [0.1, 0.15) is 0 Å². The normalized spacial score (nSPS) is 28.6. The van der Waals surface area contributed by atoms with Gasteiger partial charge in [0.25, 0.3) is 0 Å². The minimum absolute atomic E-state index is 0.821. The highest BCUT2D eigenvalue weighted by Gasteiger charge is 2.27. The molecule has 0 saturated heterocycles. The predicted molar refractivity (Wildman–Crippen MR) is 87.8 cm³/mol. The first-order valence-electron chi connectivity index (χ1n) is 9.13. The fourth-order valence-corrected chi connectivity index (χ4v) is 4.10. The van der Waals surface area contributed by atoms with Gasteiger partial charge in [-0.05, 0) is 75.8 Å². The molecule has 2 rings (SSSR count). The molecule has 0 bridgehead atoms. The average molecular weight is 280 g/mol. The maximum atomic E-state index is 5.82. The fraction of sp³-hybridized carbons (Fsp3) is 1.00. The Morgan fingerprint density at radius 3 is 2.10 bits per heavy atom. The SMILES string of the molecule is CC(C)CCN(CC1CCC(CN)CC1)C1CCCC1. The Morgan fingerprint density at radius 2 is 1.55 bits per heavy atom. The Hall–Kier alpha value is -0.0800. The first-order valence-corrected chi connectivity index (χ1v) is 9.13. The summed E-state index contributed by atoms with van der Waals surface area (Å²) in [5, 5.41) is 0. The second-order valence-corrected chi connectivity index (χ2v) is 7.74. The van der Waals surface area contributed by atoms with Crippen LogP contribution in [0.4, 0.5) is 0 Å². The van der Waals surface area contributed by atoms with Crippen molar-refractivity contribution in [3.8, 4) is 0 Å². The Morgan fingerprint density at radius 1 is 0.950 bits per heavy atom. The number of hydrogen-bond donors (Lipinski definition) is 1. The number of rotatable bonds is 7. The van der Waals surface area contributed by atoms with Crippen molar-refractivity contribution in [1.82, 2.24) is 4.90 Å². The van der Waals surface area contributed by atoms with Crippen molar-refractivity contribution in [2.45, 2.75) is 77.7 Å². The zero-order valence-corrected chi connectivity index (χ0v) is 13.8. The van der Waals surface area contributed by atoms with Crippen LogP contribution < -0.4 is 5.73 Å². The van der Waals surface area contributed by atoms with E-state index in [0.717, 1.165) is 30.3 Å². The second kappa shape index (κ2) is 8.38. The molecule has 2 fully saturated rings. The molecule has 0 heterocycles. The third-order valence-corrected chi connectivity index (χ3v) is 5.63. The minimum Gasteiger partial charge on any atom is -0.330 e. The van der Waals surface area contributed by atoms with Crippen LogP contribution in [0.3, 0.4) is 0 Å². The second-order valence-electron chi connectivity index (χ2n) is 7.74. The van der Waals surface area contributed by atoms with Crippen LogP contribution >= 0.6 is 0 Å². The summed E-state index contributed by atoms with van der Waals surface area (Å²) >= 11 is 0. The summed E-state index contributed by atoms with van der Waals surface area (Å²) in [7, 11) is 0. The van der Waals surface area contributed by atoms with Crippen LogP contribution in [0.15, 0.2) is 0 Å². The van der Waals surface area contributed by atoms with E-state index in [0.29, 0.717) is 0 Å². The maximum Gasteiger partial charge on any atom is 0.00953 e. The lowest BCUT2D eigenvalue weighted by atomic mass is 9.81. The topological polar surface area (TPSA) is 29.3 Å². The van der Waals surface area contributed by atoms with Gasteiger partial charge in [0.2, 0.25) is 0 Å². The van der Waals surface area contributed by atoms with E-state index in [1.165, 1.54) is 70.9 Å². The molecule has 2 aliphatic carbocycles. The van der Waals surface area contributed by atoms with Gasteiger partial charge >= 0.3 is 0 Å². The molecule has 0 aromatic rings. The number of nitrogens with zero attached hydrogens (tertiary/aromatic N) is 1. The van der Waals surface area contributed by atoms with Crippen LogP contribution in [-0.2, 0) is 0 Å². The lowest BCUT2D eigenvalue weighted by Gasteiger charge is -2.36. The van der Waals surface area contributed by atoms with Crippen molar-refractivity contribution in [3.63, 3.8) is 0 Å². The molecule has 0 aromatic carbocycles. The van der Waals surface area contributed by atoms with E-state index < -0.39 is 0 Å². The molecule has 0 radical (unpaired) electrons. The van der Waals surface area contributed by atoms with Gasteiger partial charge in [-0.15, -0.1) is 0 Å². The summed E-state index contributed by atoms with van der Waals surface area (Å²) in [5.41, 5.74) is 5.82. The van der Waals surface area contributed by atoms with Gasteiger partial charge in [-0.3, -0.25) is 0 Å². The van der Waals surface area contributed by atoms with Crippen LogP contribution in [0.25, 0.3) is 0 Å². The maximum absolute atomic E-state index is 5.82. The molecule has 0 aromatic heterocycles. The van der Waals surface area contributed by atoms with E-state index in [9.17, 15) is 0 Å². The predicted octanol–water partition coefficient (Wildman–Crippen LogP) is 4.04.